The minimum Gasteiger partial charge on any atom is -0.336 e. The number of piperazine rings is 1. The molecule has 9 heteroatoms. The third-order valence-electron chi connectivity index (χ3n) is 5.78. The highest BCUT2D eigenvalue weighted by atomic mass is 19.2. The summed E-state index contributed by atoms with van der Waals surface area (Å²) in [5.41, 5.74) is 2.90. The van der Waals surface area contributed by atoms with Crippen molar-refractivity contribution in [3.05, 3.63) is 89.8 Å². The fourth-order valence-corrected chi connectivity index (χ4v) is 3.89. The van der Waals surface area contributed by atoms with Crippen LogP contribution in [0.15, 0.2) is 71.5 Å². The van der Waals surface area contributed by atoms with Crippen molar-refractivity contribution in [3.8, 4) is 22.8 Å². The Labute approximate surface area is 194 Å². The molecule has 0 bridgehead atoms. The van der Waals surface area contributed by atoms with E-state index < -0.39 is 11.6 Å². The lowest BCUT2D eigenvalue weighted by Gasteiger charge is -2.34. The Kier molecular flexibility index (Phi) is 6.09. The van der Waals surface area contributed by atoms with Crippen molar-refractivity contribution in [2.24, 2.45) is 0 Å². The van der Waals surface area contributed by atoms with Gasteiger partial charge in [-0.2, -0.15) is 4.98 Å². The second-order valence-electron chi connectivity index (χ2n) is 8.06. The van der Waals surface area contributed by atoms with Crippen LogP contribution in [0.5, 0.6) is 0 Å². The van der Waals surface area contributed by atoms with Crippen molar-refractivity contribution in [2.45, 2.75) is 6.54 Å². The zero-order chi connectivity index (χ0) is 23.5. The molecule has 4 aromatic rings. The van der Waals surface area contributed by atoms with Gasteiger partial charge in [-0.1, -0.05) is 29.4 Å². The van der Waals surface area contributed by atoms with Gasteiger partial charge >= 0.3 is 0 Å². The van der Waals surface area contributed by atoms with Gasteiger partial charge in [-0.15, -0.1) is 0 Å². The molecule has 1 fully saturated rings. The summed E-state index contributed by atoms with van der Waals surface area (Å²) in [7, 11) is 0. The van der Waals surface area contributed by atoms with Gasteiger partial charge in [-0.3, -0.25) is 14.7 Å². The zero-order valence-corrected chi connectivity index (χ0v) is 18.2. The number of carbonyl (C=O) groups is 1. The second-order valence-corrected chi connectivity index (χ2v) is 8.06. The predicted molar refractivity (Wildman–Crippen MR) is 121 cm³/mol. The highest BCUT2D eigenvalue weighted by Crippen LogP contribution is 2.22. The molecular formula is C25H21F2N5O2. The van der Waals surface area contributed by atoms with Crippen LogP contribution in [0.3, 0.4) is 0 Å². The molecule has 7 nitrogen and oxygen atoms in total. The van der Waals surface area contributed by atoms with Gasteiger partial charge in [0, 0.05) is 56.2 Å². The smallest absolute Gasteiger partial charge is 0.259 e. The first-order valence-electron chi connectivity index (χ1n) is 10.9. The Bertz CT molecular complexity index is 1290. The van der Waals surface area contributed by atoms with Crippen molar-refractivity contribution in [3.63, 3.8) is 0 Å². The van der Waals surface area contributed by atoms with Gasteiger partial charge in [0.2, 0.25) is 5.82 Å². The predicted octanol–water partition coefficient (Wildman–Crippen LogP) is 4.03. The van der Waals surface area contributed by atoms with Gasteiger partial charge in [-0.25, -0.2) is 8.78 Å². The lowest BCUT2D eigenvalue weighted by molar-refractivity contribution is 0.0628. The van der Waals surface area contributed by atoms with Gasteiger partial charge in [-0.05, 0) is 35.9 Å². The van der Waals surface area contributed by atoms with Crippen LogP contribution in [0.25, 0.3) is 22.8 Å². The number of aromatic nitrogens is 3. The van der Waals surface area contributed by atoms with Crippen LogP contribution in [-0.4, -0.2) is 57.0 Å². The van der Waals surface area contributed by atoms with Crippen LogP contribution in [-0.2, 0) is 6.54 Å². The number of carbonyl (C=O) groups excluding carboxylic acids is 1. The first kappa shape index (κ1) is 21.8. The number of halogens is 2. The number of pyridine rings is 1. The van der Waals surface area contributed by atoms with Gasteiger partial charge < -0.3 is 9.42 Å². The number of nitrogens with zero attached hydrogens (tertiary/aromatic N) is 5. The Morgan fingerprint density at radius 3 is 2.44 bits per heavy atom. The van der Waals surface area contributed by atoms with Crippen molar-refractivity contribution in [2.75, 3.05) is 26.2 Å². The molecular weight excluding hydrogens is 440 g/mol. The maximum Gasteiger partial charge on any atom is 0.259 e. The molecule has 5 rings (SSSR count). The molecule has 0 saturated carbocycles. The van der Waals surface area contributed by atoms with E-state index in [2.05, 4.69) is 20.0 Å². The van der Waals surface area contributed by atoms with Crippen molar-refractivity contribution in [1.82, 2.24) is 24.9 Å². The van der Waals surface area contributed by atoms with Crippen molar-refractivity contribution < 1.29 is 18.1 Å². The highest BCUT2D eigenvalue weighted by Gasteiger charge is 2.23. The van der Waals surface area contributed by atoms with E-state index in [9.17, 15) is 13.6 Å². The summed E-state index contributed by atoms with van der Waals surface area (Å²) >= 11 is 0. The van der Waals surface area contributed by atoms with E-state index in [4.69, 9.17) is 4.52 Å². The van der Waals surface area contributed by atoms with Crippen LogP contribution >= 0.6 is 0 Å². The zero-order valence-electron chi connectivity index (χ0n) is 18.2. The van der Waals surface area contributed by atoms with Gasteiger partial charge in [0.05, 0.1) is 5.56 Å². The maximum atomic E-state index is 13.5. The average Bonchev–Trinajstić information content (AvgIpc) is 3.37. The molecule has 2 aromatic carbocycles. The van der Waals surface area contributed by atoms with Crippen molar-refractivity contribution >= 4 is 5.91 Å². The summed E-state index contributed by atoms with van der Waals surface area (Å²) in [4.78, 5) is 25.0. The van der Waals surface area contributed by atoms with E-state index in [1.807, 2.05) is 36.4 Å². The molecule has 1 aliphatic rings. The lowest BCUT2D eigenvalue weighted by atomic mass is 10.1. The summed E-state index contributed by atoms with van der Waals surface area (Å²) in [6.07, 6.45) is 3.36. The van der Waals surface area contributed by atoms with Crippen LogP contribution < -0.4 is 0 Å². The molecule has 1 saturated heterocycles. The molecule has 0 unspecified atom stereocenters. The maximum absolute atomic E-state index is 13.5. The quantitative estimate of drug-likeness (QED) is 0.447. The number of hydrogen-bond acceptors (Lipinski definition) is 6. The molecule has 0 atom stereocenters. The molecule has 1 aliphatic heterocycles. The molecule has 0 radical (unpaired) electrons. The van der Waals surface area contributed by atoms with Gasteiger partial charge in [0.15, 0.2) is 11.6 Å². The number of rotatable bonds is 5. The molecule has 2 aromatic heterocycles. The van der Waals surface area contributed by atoms with E-state index in [-0.39, 0.29) is 11.5 Å². The highest BCUT2D eigenvalue weighted by molar-refractivity contribution is 5.94. The Balaban J connectivity index is 1.17. The molecule has 172 valence electrons. The molecule has 0 N–H and O–H groups in total. The summed E-state index contributed by atoms with van der Waals surface area (Å²) in [5, 5.41) is 4.06. The van der Waals surface area contributed by atoms with E-state index in [1.165, 1.54) is 6.07 Å². The van der Waals surface area contributed by atoms with Gasteiger partial charge in [0.1, 0.15) is 0 Å². The standard InChI is InChI=1S/C25H21F2N5O2/c26-21-8-7-19(14-22(21)27)25(33)32-12-10-31(11-13-32)16-17-3-5-18(6-4-17)23-29-24(34-30-23)20-2-1-9-28-15-20/h1-9,14-15H,10-13,16H2. The normalized spacial score (nSPS) is 14.4. The van der Waals surface area contributed by atoms with E-state index >= 15 is 0 Å². The Morgan fingerprint density at radius 1 is 0.941 bits per heavy atom. The fraction of sp³-hybridized carbons (Fsp3) is 0.200. The van der Waals surface area contributed by atoms with Crippen molar-refractivity contribution in [1.29, 1.82) is 0 Å². The third kappa shape index (κ3) is 4.69. The topological polar surface area (TPSA) is 75.4 Å². The lowest BCUT2D eigenvalue weighted by Crippen LogP contribution is -2.48. The minimum absolute atomic E-state index is 0.163. The number of amides is 1. The average molecular weight is 461 g/mol. The summed E-state index contributed by atoms with van der Waals surface area (Å²) in [5.74, 6) is -1.32. The molecule has 1 amide bonds. The molecule has 3 heterocycles. The summed E-state index contributed by atoms with van der Waals surface area (Å²) in [6, 6.07) is 14.9. The van der Waals surface area contributed by atoms with Gasteiger partial charge in [0.25, 0.3) is 11.8 Å². The van der Waals surface area contributed by atoms with Crippen LogP contribution in [0.4, 0.5) is 8.78 Å². The first-order chi connectivity index (χ1) is 16.6. The van der Waals surface area contributed by atoms with E-state index in [0.717, 1.165) is 35.4 Å². The third-order valence-corrected chi connectivity index (χ3v) is 5.78. The SMILES string of the molecule is O=C(c1ccc(F)c(F)c1)N1CCN(Cc2ccc(-c3noc(-c4cccnc4)n3)cc2)CC1. The monoisotopic (exact) mass is 461 g/mol. The number of benzene rings is 2. The Morgan fingerprint density at radius 2 is 1.74 bits per heavy atom. The van der Waals surface area contributed by atoms with Crippen LogP contribution in [0, 0.1) is 11.6 Å². The summed E-state index contributed by atoms with van der Waals surface area (Å²) < 4.78 is 31.9. The van der Waals surface area contributed by atoms with E-state index in [0.29, 0.717) is 37.9 Å². The molecule has 0 aliphatic carbocycles. The molecule has 0 spiro atoms. The van der Waals surface area contributed by atoms with Crippen LogP contribution in [0.1, 0.15) is 15.9 Å². The van der Waals surface area contributed by atoms with Crippen LogP contribution in [0.2, 0.25) is 0 Å². The molecule has 34 heavy (non-hydrogen) atoms. The number of hydrogen-bond donors (Lipinski definition) is 0. The largest absolute Gasteiger partial charge is 0.336 e. The van der Waals surface area contributed by atoms with E-state index in [1.54, 1.807) is 17.3 Å². The Hall–Kier alpha value is -3.98. The minimum atomic E-state index is -1.01. The second kappa shape index (κ2) is 9.48. The fourth-order valence-electron chi connectivity index (χ4n) is 3.89. The first-order valence-corrected chi connectivity index (χ1v) is 10.9. The summed E-state index contributed by atoms with van der Waals surface area (Å²) in [6.45, 7) is 3.17.